The zero-order valence-electron chi connectivity index (χ0n) is 18.7. The molecule has 0 spiro atoms. The van der Waals surface area contributed by atoms with Crippen molar-refractivity contribution in [3.8, 4) is 0 Å². The van der Waals surface area contributed by atoms with Gasteiger partial charge in [0.1, 0.15) is 0 Å². The molecule has 0 heterocycles. The summed E-state index contributed by atoms with van der Waals surface area (Å²) in [6.07, 6.45) is 10.1. The molecular formula is C25H48. The van der Waals surface area contributed by atoms with Crippen molar-refractivity contribution in [3.05, 3.63) is 0 Å². The predicted molar refractivity (Wildman–Crippen MR) is 113 cm³/mol. The van der Waals surface area contributed by atoms with E-state index in [4.69, 9.17) is 0 Å². The van der Waals surface area contributed by atoms with Gasteiger partial charge < -0.3 is 0 Å². The van der Waals surface area contributed by atoms with Crippen LogP contribution in [-0.4, -0.2) is 0 Å². The van der Waals surface area contributed by atoms with Gasteiger partial charge in [-0.3, -0.25) is 0 Å². The molecule has 0 amide bonds. The summed E-state index contributed by atoms with van der Waals surface area (Å²) in [4.78, 5) is 0. The van der Waals surface area contributed by atoms with Crippen LogP contribution in [0.2, 0.25) is 0 Å². The lowest BCUT2D eigenvalue weighted by Gasteiger charge is -2.50. The minimum absolute atomic E-state index is 0.925. The van der Waals surface area contributed by atoms with E-state index in [2.05, 4.69) is 55.4 Å². The topological polar surface area (TPSA) is 0 Å². The molecule has 2 rings (SSSR count). The molecule has 2 aliphatic rings. The molecule has 2 fully saturated rings. The fraction of sp³-hybridized carbons (Fsp3) is 1.00. The molecule has 0 radical (unpaired) electrons. The van der Waals surface area contributed by atoms with Crippen molar-refractivity contribution in [1.29, 1.82) is 0 Å². The third-order valence-electron chi connectivity index (χ3n) is 9.54. The Morgan fingerprint density at radius 3 is 1.44 bits per heavy atom. The molecule has 10 atom stereocenters. The van der Waals surface area contributed by atoms with E-state index in [-0.39, 0.29) is 0 Å². The van der Waals surface area contributed by atoms with E-state index in [9.17, 15) is 0 Å². The van der Waals surface area contributed by atoms with Crippen LogP contribution in [0.1, 0.15) is 100 Å². The maximum atomic E-state index is 2.60. The second-order valence-corrected chi connectivity index (χ2v) is 10.1. The van der Waals surface area contributed by atoms with Crippen LogP contribution < -0.4 is 0 Å². The Bertz CT molecular complexity index is 381. The lowest BCUT2D eigenvalue weighted by Crippen LogP contribution is -2.42. The normalized spacial score (nSPS) is 48.5. The van der Waals surface area contributed by atoms with Crippen molar-refractivity contribution >= 4 is 0 Å². The summed E-state index contributed by atoms with van der Waals surface area (Å²) in [6.45, 7) is 20.1. The summed E-state index contributed by atoms with van der Waals surface area (Å²) in [5.74, 6) is 9.60. The monoisotopic (exact) mass is 348 g/mol. The highest BCUT2D eigenvalue weighted by atomic mass is 14.5. The average Bonchev–Trinajstić information content (AvgIpc) is 2.62. The Morgan fingerprint density at radius 2 is 0.920 bits per heavy atom. The second-order valence-electron chi connectivity index (χ2n) is 10.1. The van der Waals surface area contributed by atoms with Gasteiger partial charge in [-0.2, -0.15) is 0 Å². The number of hydrogen-bond acceptors (Lipinski definition) is 0. The van der Waals surface area contributed by atoms with Crippen LogP contribution in [0.3, 0.4) is 0 Å². The van der Waals surface area contributed by atoms with Crippen LogP contribution in [0.4, 0.5) is 0 Å². The Labute approximate surface area is 159 Å². The van der Waals surface area contributed by atoms with Gasteiger partial charge in [-0.05, 0) is 78.4 Å². The highest BCUT2D eigenvalue weighted by Gasteiger charge is 2.43. The molecule has 4 unspecified atom stereocenters. The van der Waals surface area contributed by atoms with Gasteiger partial charge in [0.2, 0.25) is 0 Å². The molecule has 0 aromatic heterocycles. The van der Waals surface area contributed by atoms with E-state index in [1.807, 2.05) is 0 Å². The highest BCUT2D eigenvalue weighted by Crippen LogP contribution is 2.52. The highest BCUT2D eigenvalue weighted by molar-refractivity contribution is 4.93. The van der Waals surface area contributed by atoms with Gasteiger partial charge in [0.25, 0.3) is 0 Å². The molecule has 0 saturated heterocycles. The Kier molecular flexibility index (Phi) is 7.90. The van der Waals surface area contributed by atoms with E-state index in [0.717, 1.165) is 59.2 Å². The summed E-state index contributed by atoms with van der Waals surface area (Å²) < 4.78 is 0. The van der Waals surface area contributed by atoms with Crippen molar-refractivity contribution in [1.82, 2.24) is 0 Å². The van der Waals surface area contributed by atoms with Crippen LogP contribution in [0.25, 0.3) is 0 Å². The molecular weight excluding hydrogens is 300 g/mol. The lowest BCUT2D eigenvalue weighted by atomic mass is 9.55. The predicted octanol–water partition coefficient (Wildman–Crippen LogP) is 8.07. The van der Waals surface area contributed by atoms with E-state index < -0.39 is 0 Å². The van der Waals surface area contributed by atoms with Crippen molar-refractivity contribution in [2.75, 3.05) is 0 Å². The van der Waals surface area contributed by atoms with Crippen LogP contribution in [0, 0.1) is 59.2 Å². The molecule has 148 valence electrons. The Hall–Kier alpha value is 0. The van der Waals surface area contributed by atoms with Crippen LogP contribution in [0.15, 0.2) is 0 Å². The fourth-order valence-electron chi connectivity index (χ4n) is 7.30. The first-order valence-electron chi connectivity index (χ1n) is 11.9. The quantitative estimate of drug-likeness (QED) is 0.455. The summed E-state index contributed by atoms with van der Waals surface area (Å²) in [6, 6.07) is 0. The maximum absolute atomic E-state index is 2.60. The van der Waals surface area contributed by atoms with E-state index in [1.165, 1.54) is 44.9 Å². The molecule has 25 heavy (non-hydrogen) atoms. The van der Waals surface area contributed by atoms with E-state index in [0.29, 0.717) is 0 Å². The fourth-order valence-corrected chi connectivity index (χ4v) is 7.30. The molecule has 2 aliphatic carbocycles. The smallest absolute Gasteiger partial charge is 0.0355 e. The third kappa shape index (κ3) is 4.30. The maximum Gasteiger partial charge on any atom is -0.0355 e. The first-order chi connectivity index (χ1) is 11.9. The zero-order chi connectivity index (χ0) is 18.7. The minimum atomic E-state index is 0.925. The van der Waals surface area contributed by atoms with Crippen molar-refractivity contribution in [2.24, 2.45) is 59.2 Å². The molecule has 0 aliphatic heterocycles. The molecule has 0 nitrogen and oxygen atoms in total. The van der Waals surface area contributed by atoms with Crippen LogP contribution >= 0.6 is 0 Å². The van der Waals surface area contributed by atoms with Gasteiger partial charge in [0, 0.05) is 0 Å². The van der Waals surface area contributed by atoms with Gasteiger partial charge in [-0.1, -0.05) is 81.1 Å². The molecule has 0 heteroatoms. The lowest BCUT2D eigenvalue weighted by molar-refractivity contribution is -0.00666. The standard InChI is InChI=1S/C25H48/c1-9-20-13-22(11-3)25(19(8)16(20)5)15-23-14-21(10-2)24(12-4)18(7)17(23)6/h16-25H,9-15H2,1-8H3/t16?,17?,18-,19-,20-,21?,22?,23-,24+,25-/m0/s1. The van der Waals surface area contributed by atoms with Crippen LogP contribution in [-0.2, 0) is 0 Å². The van der Waals surface area contributed by atoms with E-state index in [1.54, 1.807) is 0 Å². The van der Waals surface area contributed by atoms with E-state index >= 15 is 0 Å². The molecule has 0 bridgehead atoms. The first-order valence-corrected chi connectivity index (χ1v) is 11.9. The van der Waals surface area contributed by atoms with Gasteiger partial charge in [-0.25, -0.2) is 0 Å². The average molecular weight is 349 g/mol. The Balaban J connectivity index is 2.13. The van der Waals surface area contributed by atoms with Crippen molar-refractivity contribution < 1.29 is 0 Å². The molecule has 2 saturated carbocycles. The van der Waals surface area contributed by atoms with Crippen molar-refractivity contribution in [2.45, 2.75) is 100 Å². The van der Waals surface area contributed by atoms with Gasteiger partial charge in [-0.15, -0.1) is 0 Å². The zero-order valence-corrected chi connectivity index (χ0v) is 18.7. The number of rotatable bonds is 6. The van der Waals surface area contributed by atoms with Gasteiger partial charge >= 0.3 is 0 Å². The summed E-state index contributed by atoms with van der Waals surface area (Å²) in [7, 11) is 0. The van der Waals surface area contributed by atoms with Gasteiger partial charge in [0.05, 0.1) is 0 Å². The Morgan fingerprint density at radius 1 is 0.480 bits per heavy atom. The minimum Gasteiger partial charge on any atom is -0.0651 e. The first kappa shape index (κ1) is 21.3. The largest absolute Gasteiger partial charge is 0.0651 e. The number of hydrogen-bond donors (Lipinski definition) is 0. The second kappa shape index (κ2) is 9.27. The van der Waals surface area contributed by atoms with Crippen molar-refractivity contribution in [3.63, 3.8) is 0 Å². The summed E-state index contributed by atoms with van der Waals surface area (Å²) >= 11 is 0. The summed E-state index contributed by atoms with van der Waals surface area (Å²) in [5, 5.41) is 0. The molecule has 0 aromatic rings. The van der Waals surface area contributed by atoms with Crippen LogP contribution in [0.5, 0.6) is 0 Å². The SMILES string of the molecule is CCC1C[C@H](CC)C(C)[C@H](C)[C@@H]1C[C@@H]1CC(CC)[C@H](CC)[C@@H](C)C1C. The third-order valence-corrected chi connectivity index (χ3v) is 9.54. The molecule has 0 N–H and O–H groups in total. The summed E-state index contributed by atoms with van der Waals surface area (Å²) in [5.41, 5.74) is 0. The molecule has 0 aromatic carbocycles. The van der Waals surface area contributed by atoms with Gasteiger partial charge in [0.15, 0.2) is 0 Å².